The minimum Gasteiger partial charge on any atom is -0.308 e. The van der Waals surface area contributed by atoms with Crippen molar-refractivity contribution >= 4 is 34.1 Å². The van der Waals surface area contributed by atoms with Crippen molar-refractivity contribution in [2.45, 2.75) is 0 Å². The molecule has 3 aromatic carbocycles. The van der Waals surface area contributed by atoms with Crippen LogP contribution < -0.4 is 10.6 Å². The number of ketones is 1. The molecule has 5 aromatic rings. The molecule has 0 atom stereocenters. The smallest absolute Gasteiger partial charge is 0.308 e. The van der Waals surface area contributed by atoms with E-state index in [1.165, 1.54) is 24.3 Å². The summed E-state index contributed by atoms with van der Waals surface area (Å²) < 4.78 is 27.7. The van der Waals surface area contributed by atoms with E-state index in [9.17, 15) is 18.4 Å². The number of benzene rings is 3. The molecule has 2 amide bonds. The first-order valence-corrected chi connectivity index (χ1v) is 10.9. The van der Waals surface area contributed by atoms with Crippen LogP contribution >= 0.6 is 0 Å². The lowest BCUT2D eigenvalue weighted by atomic mass is 9.99. The van der Waals surface area contributed by atoms with Gasteiger partial charge in [0.05, 0.1) is 5.52 Å². The summed E-state index contributed by atoms with van der Waals surface area (Å²) in [5.41, 5.74) is 3.15. The quantitative estimate of drug-likeness (QED) is 0.283. The number of rotatable bonds is 5. The molecule has 0 radical (unpaired) electrons. The van der Waals surface area contributed by atoms with E-state index in [1.54, 1.807) is 36.8 Å². The number of fused-ring (bicyclic) bond motifs is 1. The number of urea groups is 1. The van der Waals surface area contributed by atoms with Gasteiger partial charge in [0.2, 0.25) is 0 Å². The van der Waals surface area contributed by atoms with Crippen molar-refractivity contribution in [3.63, 3.8) is 0 Å². The van der Waals surface area contributed by atoms with Crippen molar-refractivity contribution in [1.29, 1.82) is 0 Å². The molecule has 2 N–H and O–H groups in total. The summed E-state index contributed by atoms with van der Waals surface area (Å²) in [6, 6.07) is 18.9. The monoisotopic (exact) mass is 480 g/mol. The first-order valence-electron chi connectivity index (χ1n) is 10.9. The number of hydrogen-bond donors (Lipinski definition) is 2. The van der Waals surface area contributed by atoms with Crippen LogP contribution in [0.4, 0.5) is 25.0 Å². The summed E-state index contributed by atoms with van der Waals surface area (Å²) in [7, 11) is 0. The third-order valence-corrected chi connectivity index (χ3v) is 5.44. The van der Waals surface area contributed by atoms with E-state index in [1.807, 2.05) is 18.2 Å². The fraction of sp³-hybridized carbons (Fsp3) is 0. The zero-order valence-corrected chi connectivity index (χ0v) is 18.7. The molecule has 5 rings (SSSR count). The molecule has 0 bridgehead atoms. The van der Waals surface area contributed by atoms with E-state index in [0.717, 1.165) is 34.7 Å². The molecule has 0 aliphatic rings. The normalized spacial score (nSPS) is 10.7. The number of hydrogen-bond acceptors (Lipinski definition) is 4. The summed E-state index contributed by atoms with van der Waals surface area (Å²) >= 11 is 0. The molecule has 2 heterocycles. The van der Waals surface area contributed by atoms with E-state index in [2.05, 4.69) is 20.6 Å². The van der Waals surface area contributed by atoms with Gasteiger partial charge in [-0.3, -0.25) is 14.8 Å². The van der Waals surface area contributed by atoms with Gasteiger partial charge in [0, 0.05) is 57.6 Å². The largest absolute Gasteiger partial charge is 0.323 e. The Balaban J connectivity index is 1.39. The molecule has 0 saturated carbocycles. The number of nitrogens with one attached hydrogen (secondary N) is 2. The average Bonchev–Trinajstić information content (AvgIpc) is 2.87. The van der Waals surface area contributed by atoms with Gasteiger partial charge in [0.1, 0.15) is 11.6 Å². The van der Waals surface area contributed by atoms with Gasteiger partial charge in [0.25, 0.3) is 0 Å². The van der Waals surface area contributed by atoms with Crippen molar-refractivity contribution in [2.24, 2.45) is 0 Å². The van der Waals surface area contributed by atoms with Crippen molar-refractivity contribution in [3.8, 4) is 11.1 Å². The van der Waals surface area contributed by atoms with Crippen LogP contribution in [0, 0.1) is 11.6 Å². The molecule has 0 unspecified atom stereocenters. The van der Waals surface area contributed by atoms with Gasteiger partial charge >= 0.3 is 6.03 Å². The molecular formula is C28H18F2N4O2. The predicted molar refractivity (Wildman–Crippen MR) is 134 cm³/mol. The van der Waals surface area contributed by atoms with Gasteiger partial charge < -0.3 is 10.6 Å². The standard InChI is InChI=1S/C28H18F2N4O2/c29-22-4-1-5-24(13-22)33-28(36)34-25-12-20(11-23(30)14-25)27(35)17-6-7-26-19(9-17)10-21(16-32-26)18-3-2-8-31-15-18/h1-16H,(H2,33,34,36). The van der Waals surface area contributed by atoms with Crippen molar-refractivity contribution in [2.75, 3.05) is 10.6 Å². The highest BCUT2D eigenvalue weighted by molar-refractivity contribution is 6.11. The van der Waals surface area contributed by atoms with Gasteiger partial charge in [0.15, 0.2) is 5.78 Å². The fourth-order valence-electron chi connectivity index (χ4n) is 3.78. The molecule has 0 aliphatic heterocycles. The highest BCUT2D eigenvalue weighted by Crippen LogP contribution is 2.25. The molecule has 176 valence electrons. The summed E-state index contributed by atoms with van der Waals surface area (Å²) in [5, 5.41) is 5.68. The second-order valence-corrected chi connectivity index (χ2v) is 8.02. The Kier molecular flexibility index (Phi) is 6.15. The maximum atomic E-state index is 14.3. The molecule has 36 heavy (non-hydrogen) atoms. The van der Waals surface area contributed by atoms with Crippen LogP contribution in [0.5, 0.6) is 0 Å². The van der Waals surface area contributed by atoms with Crippen molar-refractivity contribution in [1.82, 2.24) is 9.97 Å². The summed E-state index contributed by atoms with van der Waals surface area (Å²) in [6.07, 6.45) is 5.14. The minimum absolute atomic E-state index is 0.0618. The summed E-state index contributed by atoms with van der Waals surface area (Å²) in [5.74, 6) is -1.62. The van der Waals surface area contributed by atoms with Gasteiger partial charge in [-0.1, -0.05) is 12.1 Å². The Labute approximate surface area is 204 Å². The predicted octanol–water partition coefficient (Wildman–Crippen LogP) is 6.45. The van der Waals surface area contributed by atoms with Gasteiger partial charge in [-0.25, -0.2) is 13.6 Å². The van der Waals surface area contributed by atoms with Crippen LogP contribution in [-0.4, -0.2) is 21.8 Å². The van der Waals surface area contributed by atoms with E-state index in [0.29, 0.717) is 11.1 Å². The number of carbonyl (C=O) groups is 2. The number of aromatic nitrogens is 2. The van der Waals surface area contributed by atoms with Crippen LogP contribution in [0.2, 0.25) is 0 Å². The number of pyridine rings is 2. The van der Waals surface area contributed by atoms with Gasteiger partial charge in [-0.15, -0.1) is 0 Å². The average molecular weight is 480 g/mol. The highest BCUT2D eigenvalue weighted by Gasteiger charge is 2.14. The Bertz CT molecular complexity index is 1610. The molecule has 0 fully saturated rings. The van der Waals surface area contributed by atoms with E-state index in [-0.39, 0.29) is 16.9 Å². The minimum atomic E-state index is -0.704. The number of anilines is 2. The van der Waals surface area contributed by atoms with Crippen LogP contribution in [0.15, 0.2) is 97.5 Å². The molecule has 0 aliphatic carbocycles. The molecule has 0 saturated heterocycles. The third kappa shape index (κ3) is 5.07. The van der Waals surface area contributed by atoms with Crippen LogP contribution in [0.3, 0.4) is 0 Å². The number of amides is 2. The maximum Gasteiger partial charge on any atom is 0.323 e. The van der Waals surface area contributed by atoms with Crippen LogP contribution in [0.25, 0.3) is 22.0 Å². The Morgan fingerprint density at radius 2 is 1.53 bits per heavy atom. The van der Waals surface area contributed by atoms with E-state index >= 15 is 0 Å². The zero-order chi connectivity index (χ0) is 25.1. The number of nitrogens with zero attached hydrogens (tertiary/aromatic N) is 2. The Hall–Kier alpha value is -4.98. The third-order valence-electron chi connectivity index (χ3n) is 5.44. The number of halogens is 2. The van der Waals surface area contributed by atoms with Crippen LogP contribution in [0.1, 0.15) is 15.9 Å². The fourth-order valence-corrected chi connectivity index (χ4v) is 3.78. The molecule has 8 heteroatoms. The number of carbonyl (C=O) groups excluding carboxylic acids is 2. The second kappa shape index (κ2) is 9.71. The lowest BCUT2D eigenvalue weighted by molar-refractivity contribution is 0.103. The van der Waals surface area contributed by atoms with Crippen LogP contribution in [-0.2, 0) is 0 Å². The van der Waals surface area contributed by atoms with Crippen molar-refractivity contribution < 1.29 is 18.4 Å². The topological polar surface area (TPSA) is 84.0 Å². The molecule has 2 aromatic heterocycles. The summed E-state index contributed by atoms with van der Waals surface area (Å²) in [4.78, 5) is 34.1. The van der Waals surface area contributed by atoms with Gasteiger partial charge in [-0.05, 0) is 66.7 Å². The van der Waals surface area contributed by atoms with E-state index in [4.69, 9.17) is 0 Å². The summed E-state index contributed by atoms with van der Waals surface area (Å²) in [6.45, 7) is 0. The Morgan fingerprint density at radius 1 is 0.694 bits per heavy atom. The molecular weight excluding hydrogens is 462 g/mol. The molecule has 6 nitrogen and oxygen atoms in total. The Morgan fingerprint density at radius 3 is 2.33 bits per heavy atom. The molecule has 0 spiro atoms. The zero-order valence-electron chi connectivity index (χ0n) is 18.7. The highest BCUT2D eigenvalue weighted by atomic mass is 19.1. The maximum absolute atomic E-state index is 14.3. The second-order valence-electron chi connectivity index (χ2n) is 8.02. The lowest BCUT2D eigenvalue weighted by Gasteiger charge is -2.10. The SMILES string of the molecule is O=C(Nc1cccc(F)c1)Nc1cc(F)cc(C(=O)c2ccc3ncc(-c4cccnc4)cc3c2)c1. The van der Waals surface area contributed by atoms with E-state index < -0.39 is 23.4 Å². The lowest BCUT2D eigenvalue weighted by Crippen LogP contribution is -2.20. The van der Waals surface area contributed by atoms with Gasteiger partial charge in [-0.2, -0.15) is 0 Å². The first-order chi connectivity index (χ1) is 17.4. The first kappa shape index (κ1) is 22.8. The van der Waals surface area contributed by atoms with Crippen molar-refractivity contribution in [3.05, 3.63) is 120 Å².